The van der Waals surface area contributed by atoms with Gasteiger partial charge in [-0.2, -0.15) is 0 Å². The highest BCUT2D eigenvalue weighted by molar-refractivity contribution is 5.94. The van der Waals surface area contributed by atoms with E-state index >= 15 is 0 Å². The zero-order valence-electron chi connectivity index (χ0n) is 14.2. The van der Waals surface area contributed by atoms with Crippen molar-refractivity contribution in [1.82, 2.24) is 4.90 Å². The summed E-state index contributed by atoms with van der Waals surface area (Å²) in [6.07, 6.45) is 0.473. The molecule has 0 saturated carbocycles. The Balaban J connectivity index is 2.07. The van der Waals surface area contributed by atoms with E-state index < -0.39 is 0 Å². The molecular formula is C17H25N3O3. The number of urea groups is 1. The number of ether oxygens (including phenoxy) is 1. The van der Waals surface area contributed by atoms with Crippen LogP contribution in [0.5, 0.6) is 0 Å². The molecule has 0 radical (unpaired) electrons. The lowest BCUT2D eigenvalue weighted by Crippen LogP contribution is -2.49. The summed E-state index contributed by atoms with van der Waals surface area (Å²) in [6, 6.07) is 5.35. The van der Waals surface area contributed by atoms with Gasteiger partial charge in [-0.25, -0.2) is 4.79 Å². The molecule has 0 aromatic heterocycles. The monoisotopic (exact) mass is 319 g/mol. The molecule has 126 valence electrons. The molecule has 1 aromatic carbocycles. The van der Waals surface area contributed by atoms with Gasteiger partial charge in [0, 0.05) is 30.9 Å². The SMILES string of the molecule is CCC(=O)Nc1ccc(C)c(NC(=O)N2C[C@H](C)O[C@@H](C)C2)c1. The van der Waals surface area contributed by atoms with Crippen molar-refractivity contribution >= 4 is 23.3 Å². The van der Waals surface area contributed by atoms with Crippen LogP contribution in [-0.2, 0) is 9.53 Å². The average Bonchev–Trinajstić information content (AvgIpc) is 2.49. The molecule has 23 heavy (non-hydrogen) atoms. The fourth-order valence-corrected chi connectivity index (χ4v) is 2.62. The highest BCUT2D eigenvalue weighted by atomic mass is 16.5. The van der Waals surface area contributed by atoms with Crippen LogP contribution in [0.15, 0.2) is 18.2 Å². The lowest BCUT2D eigenvalue weighted by molar-refractivity contribution is -0.115. The molecule has 2 N–H and O–H groups in total. The summed E-state index contributed by atoms with van der Waals surface area (Å²) in [5, 5.41) is 5.74. The summed E-state index contributed by atoms with van der Waals surface area (Å²) < 4.78 is 5.65. The van der Waals surface area contributed by atoms with E-state index in [1.54, 1.807) is 17.9 Å². The Hall–Kier alpha value is -2.08. The molecule has 0 spiro atoms. The Labute approximate surface area is 137 Å². The Morgan fingerprint density at radius 3 is 2.48 bits per heavy atom. The summed E-state index contributed by atoms with van der Waals surface area (Å²) in [7, 11) is 0. The Morgan fingerprint density at radius 2 is 1.87 bits per heavy atom. The first-order valence-electron chi connectivity index (χ1n) is 8.01. The van der Waals surface area contributed by atoms with Crippen LogP contribution in [0.4, 0.5) is 16.2 Å². The van der Waals surface area contributed by atoms with Gasteiger partial charge in [-0.05, 0) is 38.5 Å². The summed E-state index contributed by atoms with van der Waals surface area (Å²) in [5.74, 6) is -0.0537. The third-order valence-corrected chi connectivity index (χ3v) is 3.79. The van der Waals surface area contributed by atoms with Gasteiger partial charge in [-0.3, -0.25) is 4.79 Å². The number of amides is 3. The number of hydrogen-bond donors (Lipinski definition) is 2. The van der Waals surface area contributed by atoms with Crippen molar-refractivity contribution in [3.63, 3.8) is 0 Å². The summed E-state index contributed by atoms with van der Waals surface area (Å²) in [5.41, 5.74) is 2.33. The van der Waals surface area contributed by atoms with Crippen LogP contribution >= 0.6 is 0 Å². The quantitative estimate of drug-likeness (QED) is 0.900. The molecular weight excluding hydrogens is 294 g/mol. The predicted molar refractivity (Wildman–Crippen MR) is 90.7 cm³/mol. The molecule has 1 saturated heterocycles. The van der Waals surface area contributed by atoms with E-state index in [-0.39, 0.29) is 24.1 Å². The maximum atomic E-state index is 12.5. The summed E-state index contributed by atoms with van der Waals surface area (Å²) in [4.78, 5) is 25.7. The first kappa shape index (κ1) is 17.3. The van der Waals surface area contributed by atoms with Crippen molar-refractivity contribution in [3.05, 3.63) is 23.8 Å². The molecule has 1 aliphatic heterocycles. The van der Waals surface area contributed by atoms with Crippen LogP contribution in [0, 0.1) is 6.92 Å². The highest BCUT2D eigenvalue weighted by Crippen LogP contribution is 2.21. The van der Waals surface area contributed by atoms with Gasteiger partial charge in [0.05, 0.1) is 12.2 Å². The number of morpholine rings is 1. The van der Waals surface area contributed by atoms with E-state index in [1.165, 1.54) is 0 Å². The van der Waals surface area contributed by atoms with Gasteiger partial charge < -0.3 is 20.3 Å². The number of benzene rings is 1. The second-order valence-electron chi connectivity index (χ2n) is 6.02. The molecule has 0 bridgehead atoms. The van der Waals surface area contributed by atoms with Crippen LogP contribution < -0.4 is 10.6 Å². The first-order chi connectivity index (χ1) is 10.9. The lowest BCUT2D eigenvalue weighted by atomic mass is 10.1. The van der Waals surface area contributed by atoms with Gasteiger partial charge in [0.1, 0.15) is 0 Å². The molecule has 0 unspecified atom stereocenters. The van der Waals surface area contributed by atoms with E-state index in [0.717, 1.165) is 5.56 Å². The van der Waals surface area contributed by atoms with Gasteiger partial charge in [-0.15, -0.1) is 0 Å². The van der Waals surface area contributed by atoms with Crippen LogP contribution in [0.25, 0.3) is 0 Å². The van der Waals surface area contributed by atoms with E-state index in [1.807, 2.05) is 32.9 Å². The first-order valence-corrected chi connectivity index (χ1v) is 8.01. The van der Waals surface area contributed by atoms with Crippen molar-refractivity contribution < 1.29 is 14.3 Å². The number of anilines is 2. The molecule has 0 aliphatic carbocycles. The van der Waals surface area contributed by atoms with Gasteiger partial charge >= 0.3 is 6.03 Å². The van der Waals surface area contributed by atoms with Crippen molar-refractivity contribution in [1.29, 1.82) is 0 Å². The molecule has 1 aromatic rings. The second-order valence-corrected chi connectivity index (χ2v) is 6.02. The third-order valence-electron chi connectivity index (χ3n) is 3.79. The Bertz CT molecular complexity index is 578. The smallest absolute Gasteiger partial charge is 0.322 e. The maximum absolute atomic E-state index is 12.5. The molecule has 1 heterocycles. The largest absolute Gasteiger partial charge is 0.372 e. The van der Waals surface area contributed by atoms with E-state index in [2.05, 4.69) is 10.6 Å². The van der Waals surface area contributed by atoms with E-state index in [4.69, 9.17) is 4.74 Å². The summed E-state index contributed by atoms with van der Waals surface area (Å²) in [6.45, 7) is 8.78. The van der Waals surface area contributed by atoms with Crippen LogP contribution in [0.3, 0.4) is 0 Å². The van der Waals surface area contributed by atoms with E-state index in [9.17, 15) is 9.59 Å². The predicted octanol–water partition coefficient (Wildman–Crippen LogP) is 2.98. The molecule has 2 rings (SSSR count). The standard InChI is InChI=1S/C17H25N3O3/c1-5-16(21)18-14-7-6-11(2)15(8-14)19-17(22)20-9-12(3)23-13(4)10-20/h6-8,12-13H,5,9-10H2,1-4H3,(H,18,21)(H,19,22)/t12-,13-/m0/s1. The van der Waals surface area contributed by atoms with Crippen LogP contribution in [-0.4, -0.2) is 42.1 Å². The maximum Gasteiger partial charge on any atom is 0.322 e. The van der Waals surface area contributed by atoms with Crippen molar-refractivity contribution in [3.8, 4) is 0 Å². The number of hydrogen-bond acceptors (Lipinski definition) is 3. The molecule has 1 fully saturated rings. The number of nitrogens with zero attached hydrogens (tertiary/aromatic N) is 1. The van der Waals surface area contributed by atoms with Crippen molar-refractivity contribution in [2.24, 2.45) is 0 Å². The van der Waals surface area contributed by atoms with Gasteiger partial charge in [0.25, 0.3) is 0 Å². The molecule has 6 nitrogen and oxygen atoms in total. The van der Waals surface area contributed by atoms with Gasteiger partial charge in [-0.1, -0.05) is 13.0 Å². The topological polar surface area (TPSA) is 70.7 Å². The zero-order chi connectivity index (χ0) is 17.0. The number of nitrogens with one attached hydrogen (secondary N) is 2. The highest BCUT2D eigenvalue weighted by Gasteiger charge is 2.26. The Kier molecular flexibility index (Phi) is 5.60. The summed E-state index contributed by atoms with van der Waals surface area (Å²) >= 11 is 0. The molecule has 3 amide bonds. The van der Waals surface area contributed by atoms with Crippen molar-refractivity contribution in [2.45, 2.75) is 46.3 Å². The van der Waals surface area contributed by atoms with Crippen LogP contribution in [0.2, 0.25) is 0 Å². The van der Waals surface area contributed by atoms with Gasteiger partial charge in [0.15, 0.2) is 0 Å². The van der Waals surface area contributed by atoms with Crippen LogP contribution in [0.1, 0.15) is 32.8 Å². The Morgan fingerprint density at radius 1 is 1.22 bits per heavy atom. The normalized spacial score (nSPS) is 21.0. The van der Waals surface area contributed by atoms with E-state index in [0.29, 0.717) is 30.9 Å². The third kappa shape index (κ3) is 4.69. The average molecular weight is 319 g/mol. The molecule has 1 aliphatic rings. The zero-order valence-corrected chi connectivity index (χ0v) is 14.2. The number of carbonyl (C=O) groups is 2. The molecule has 6 heteroatoms. The minimum Gasteiger partial charge on any atom is -0.372 e. The molecule has 2 atom stereocenters. The fourth-order valence-electron chi connectivity index (χ4n) is 2.62. The van der Waals surface area contributed by atoms with Gasteiger partial charge in [0.2, 0.25) is 5.91 Å². The second kappa shape index (κ2) is 7.46. The minimum absolute atomic E-state index is 0.0285. The number of aryl methyl sites for hydroxylation is 1. The minimum atomic E-state index is -0.144. The number of rotatable bonds is 3. The fraction of sp³-hybridized carbons (Fsp3) is 0.529. The number of carbonyl (C=O) groups excluding carboxylic acids is 2. The lowest BCUT2D eigenvalue weighted by Gasteiger charge is -2.35. The van der Waals surface area contributed by atoms with Crippen molar-refractivity contribution in [2.75, 3.05) is 23.7 Å².